The Labute approximate surface area is 175 Å². The lowest BCUT2D eigenvalue weighted by Crippen LogP contribution is -2.30. The number of nitrogens with zero attached hydrogens (tertiary/aromatic N) is 1. The highest BCUT2D eigenvalue weighted by Gasteiger charge is 2.37. The van der Waals surface area contributed by atoms with Crippen molar-refractivity contribution in [1.82, 2.24) is 0 Å². The molecule has 0 radical (unpaired) electrons. The van der Waals surface area contributed by atoms with Crippen molar-refractivity contribution in [1.29, 1.82) is 0 Å². The summed E-state index contributed by atoms with van der Waals surface area (Å²) in [5.41, 5.74) is 1.62. The molecule has 0 unspecified atom stereocenters. The van der Waals surface area contributed by atoms with Crippen LogP contribution in [-0.2, 0) is 25.8 Å². The first-order valence-corrected chi connectivity index (χ1v) is 11.5. The highest BCUT2D eigenvalue weighted by Crippen LogP contribution is 2.37. The zero-order chi connectivity index (χ0) is 21.5. The maximum Gasteiger partial charge on any atom is 0.230 e. The maximum absolute atomic E-state index is 13.7. The molecule has 1 heterocycles. The molecular weight excluding hydrogens is 407 g/mol. The summed E-state index contributed by atoms with van der Waals surface area (Å²) in [6.07, 6.45) is 2.16. The number of benzene rings is 2. The second kappa shape index (κ2) is 7.83. The summed E-state index contributed by atoms with van der Waals surface area (Å²) >= 11 is 0. The molecule has 1 aliphatic heterocycles. The monoisotopic (exact) mass is 430 g/mol. The van der Waals surface area contributed by atoms with Crippen LogP contribution in [0.1, 0.15) is 31.7 Å². The molecule has 2 amide bonds. The predicted octanol–water partition coefficient (Wildman–Crippen LogP) is 3.32. The lowest BCUT2D eigenvalue weighted by Gasteiger charge is -2.18. The second-order valence-corrected chi connectivity index (χ2v) is 10.3. The molecule has 30 heavy (non-hydrogen) atoms. The zero-order valence-corrected chi connectivity index (χ0v) is 17.4. The average molecular weight is 431 g/mol. The van der Waals surface area contributed by atoms with Crippen LogP contribution in [-0.4, -0.2) is 32.0 Å². The second-order valence-electron chi connectivity index (χ2n) is 7.89. The van der Waals surface area contributed by atoms with Crippen molar-refractivity contribution in [2.45, 2.75) is 42.8 Å². The average Bonchev–Trinajstić information content (AvgIpc) is 3.48. The third-order valence-electron chi connectivity index (χ3n) is 5.62. The summed E-state index contributed by atoms with van der Waals surface area (Å²) in [6.45, 7) is 2.03. The molecule has 2 aromatic rings. The van der Waals surface area contributed by atoms with Crippen LogP contribution in [0.15, 0.2) is 47.4 Å². The van der Waals surface area contributed by atoms with E-state index in [1.54, 1.807) is 23.1 Å². The van der Waals surface area contributed by atoms with E-state index in [2.05, 4.69) is 5.32 Å². The van der Waals surface area contributed by atoms with Gasteiger partial charge in [-0.2, -0.15) is 0 Å². The molecular formula is C22H23FN2O4S. The summed E-state index contributed by atoms with van der Waals surface area (Å²) in [7, 11) is -3.76. The minimum Gasteiger partial charge on any atom is -0.324 e. The van der Waals surface area contributed by atoms with Gasteiger partial charge in [0.25, 0.3) is 0 Å². The van der Waals surface area contributed by atoms with Gasteiger partial charge < -0.3 is 10.2 Å². The molecule has 1 atom stereocenters. The number of hydrogen-bond acceptors (Lipinski definition) is 4. The van der Waals surface area contributed by atoms with E-state index in [0.717, 1.165) is 24.1 Å². The number of carbonyl (C=O) groups is 2. The van der Waals surface area contributed by atoms with Crippen LogP contribution in [0, 0.1) is 11.7 Å². The molecule has 1 saturated carbocycles. The third kappa shape index (κ3) is 3.96. The number of rotatable bonds is 6. The number of nitrogens with one attached hydrogen (secondary N) is 1. The van der Waals surface area contributed by atoms with Crippen molar-refractivity contribution in [3.63, 3.8) is 0 Å². The molecule has 6 nitrogen and oxygen atoms in total. The number of para-hydroxylation sites is 1. The minimum absolute atomic E-state index is 0.0186. The molecule has 158 valence electrons. The van der Waals surface area contributed by atoms with E-state index in [1.807, 2.05) is 0 Å². The normalized spacial score (nSPS) is 16.8. The predicted molar refractivity (Wildman–Crippen MR) is 112 cm³/mol. The lowest BCUT2D eigenvalue weighted by atomic mass is 10.2. The summed E-state index contributed by atoms with van der Waals surface area (Å²) in [5.74, 6) is -0.932. The molecule has 8 heteroatoms. The SMILES string of the molecule is C[C@H](CC(=O)Nc1ccccc1F)S(=O)(=O)c1ccc2c(c1)CCN2C(=O)C1CC1. The van der Waals surface area contributed by atoms with Gasteiger partial charge >= 0.3 is 0 Å². The summed E-state index contributed by atoms with van der Waals surface area (Å²) in [4.78, 5) is 26.5. The van der Waals surface area contributed by atoms with Crippen LogP contribution >= 0.6 is 0 Å². The molecule has 2 aromatic carbocycles. The van der Waals surface area contributed by atoms with E-state index in [-0.39, 0.29) is 28.8 Å². The van der Waals surface area contributed by atoms with Crippen molar-refractivity contribution >= 4 is 33.0 Å². The van der Waals surface area contributed by atoms with Crippen LogP contribution < -0.4 is 10.2 Å². The first-order chi connectivity index (χ1) is 14.3. The Morgan fingerprint density at radius 3 is 2.63 bits per heavy atom. The molecule has 0 bridgehead atoms. The summed E-state index contributed by atoms with van der Waals surface area (Å²) in [6, 6.07) is 10.5. The quantitative estimate of drug-likeness (QED) is 0.762. The maximum atomic E-state index is 13.7. The lowest BCUT2D eigenvalue weighted by molar-refractivity contribution is -0.119. The third-order valence-corrected chi connectivity index (χ3v) is 7.76. The highest BCUT2D eigenvalue weighted by molar-refractivity contribution is 7.92. The molecule has 1 N–H and O–H groups in total. The van der Waals surface area contributed by atoms with E-state index in [4.69, 9.17) is 0 Å². The van der Waals surface area contributed by atoms with E-state index in [9.17, 15) is 22.4 Å². The van der Waals surface area contributed by atoms with E-state index < -0.39 is 26.8 Å². The van der Waals surface area contributed by atoms with E-state index in [0.29, 0.717) is 13.0 Å². The van der Waals surface area contributed by atoms with Crippen LogP contribution in [0.25, 0.3) is 0 Å². The molecule has 0 aromatic heterocycles. The molecule has 4 rings (SSSR count). The Kier molecular flexibility index (Phi) is 5.36. The first kappa shape index (κ1) is 20.5. The fraction of sp³-hybridized carbons (Fsp3) is 0.364. The molecule has 2 aliphatic rings. The van der Waals surface area contributed by atoms with Crippen LogP contribution in [0.3, 0.4) is 0 Å². The number of sulfone groups is 1. The van der Waals surface area contributed by atoms with Crippen LogP contribution in [0.4, 0.5) is 15.8 Å². The first-order valence-electron chi connectivity index (χ1n) is 10.00. The molecule has 1 fully saturated rings. The summed E-state index contributed by atoms with van der Waals surface area (Å²) in [5, 5.41) is 1.44. The van der Waals surface area contributed by atoms with Gasteiger partial charge in [0, 0.05) is 24.6 Å². The number of fused-ring (bicyclic) bond motifs is 1. The fourth-order valence-electron chi connectivity index (χ4n) is 3.70. The Morgan fingerprint density at radius 2 is 1.93 bits per heavy atom. The zero-order valence-electron chi connectivity index (χ0n) is 16.6. The van der Waals surface area contributed by atoms with Gasteiger partial charge in [-0.15, -0.1) is 0 Å². The molecule has 1 aliphatic carbocycles. The molecule has 0 saturated heterocycles. The van der Waals surface area contributed by atoms with Crippen molar-refractivity contribution in [2.24, 2.45) is 5.92 Å². The number of carbonyl (C=O) groups excluding carboxylic acids is 2. The fourth-order valence-corrected chi connectivity index (χ4v) is 5.10. The highest BCUT2D eigenvalue weighted by atomic mass is 32.2. The molecule has 0 spiro atoms. The van der Waals surface area contributed by atoms with E-state index >= 15 is 0 Å². The number of amides is 2. The number of halogens is 1. The Morgan fingerprint density at radius 1 is 1.20 bits per heavy atom. The van der Waals surface area contributed by atoms with Gasteiger partial charge in [0.15, 0.2) is 9.84 Å². The van der Waals surface area contributed by atoms with Crippen LogP contribution in [0.5, 0.6) is 0 Å². The minimum atomic E-state index is -3.76. The topological polar surface area (TPSA) is 83.6 Å². The Hall–Kier alpha value is -2.74. The Bertz CT molecular complexity index is 1110. The Balaban J connectivity index is 1.47. The van der Waals surface area contributed by atoms with Gasteiger partial charge in [-0.1, -0.05) is 12.1 Å². The van der Waals surface area contributed by atoms with Crippen molar-refractivity contribution < 1.29 is 22.4 Å². The standard InChI is InChI=1S/C22H23FN2O4S/c1-14(12-21(26)24-19-5-3-2-4-18(19)23)30(28,29)17-8-9-20-16(13-17)10-11-25(20)22(27)15-6-7-15/h2-5,8-9,13-15H,6-7,10-12H2,1H3,(H,24,26)/t14-/m1/s1. The summed E-state index contributed by atoms with van der Waals surface area (Å²) < 4.78 is 39.7. The van der Waals surface area contributed by atoms with Gasteiger partial charge in [0.2, 0.25) is 11.8 Å². The van der Waals surface area contributed by atoms with Crippen molar-refractivity contribution in [3.05, 3.63) is 53.8 Å². The van der Waals surface area contributed by atoms with Gasteiger partial charge in [0.1, 0.15) is 5.82 Å². The van der Waals surface area contributed by atoms with Gasteiger partial charge in [-0.3, -0.25) is 9.59 Å². The van der Waals surface area contributed by atoms with Crippen molar-refractivity contribution in [3.8, 4) is 0 Å². The van der Waals surface area contributed by atoms with Gasteiger partial charge in [0.05, 0.1) is 15.8 Å². The van der Waals surface area contributed by atoms with Gasteiger partial charge in [-0.25, -0.2) is 12.8 Å². The largest absolute Gasteiger partial charge is 0.324 e. The smallest absolute Gasteiger partial charge is 0.230 e. The van der Waals surface area contributed by atoms with Gasteiger partial charge in [-0.05, 0) is 62.1 Å². The van der Waals surface area contributed by atoms with E-state index in [1.165, 1.54) is 31.2 Å². The number of anilines is 2. The number of hydrogen-bond donors (Lipinski definition) is 1. The van der Waals surface area contributed by atoms with Crippen LogP contribution in [0.2, 0.25) is 0 Å². The van der Waals surface area contributed by atoms with Crippen molar-refractivity contribution in [2.75, 3.05) is 16.8 Å².